The molecule has 1 aromatic heterocycles. The first-order valence-electron chi connectivity index (χ1n) is 12.7. The summed E-state index contributed by atoms with van der Waals surface area (Å²) in [6.07, 6.45) is 2.46. The smallest absolute Gasteiger partial charge is 0.343 e. The molecule has 10 nitrogen and oxygen atoms in total. The Balaban J connectivity index is 1.42. The average Bonchev–Trinajstić information content (AvgIpc) is 3.53. The van der Waals surface area contributed by atoms with Gasteiger partial charge in [0.05, 0.1) is 30.6 Å². The lowest BCUT2D eigenvalue weighted by atomic mass is 10.1. The second-order valence-electron chi connectivity index (χ2n) is 9.00. The zero-order valence-electron chi connectivity index (χ0n) is 22.6. The molecule has 0 fully saturated rings. The van der Waals surface area contributed by atoms with Crippen molar-refractivity contribution in [2.24, 2.45) is 5.10 Å². The molecule has 0 atom stereocenters. The number of ether oxygens (including phenoxy) is 3. The Hall–Kier alpha value is -4.51. The highest BCUT2D eigenvalue weighted by Crippen LogP contribution is 2.39. The molecule has 1 heterocycles. The number of hydrogen-bond acceptors (Lipinski definition) is 9. The summed E-state index contributed by atoms with van der Waals surface area (Å²) in [4.78, 5) is 51.1. The summed E-state index contributed by atoms with van der Waals surface area (Å²) in [5.41, 5.74) is 5.78. The number of benzene rings is 2. The van der Waals surface area contributed by atoms with Crippen LogP contribution in [0.1, 0.15) is 62.6 Å². The fourth-order valence-corrected chi connectivity index (χ4v) is 5.42. The number of esters is 2. The molecule has 0 unspecified atom stereocenters. The Morgan fingerprint density at radius 3 is 2.38 bits per heavy atom. The number of fused-ring (bicyclic) bond motifs is 1. The van der Waals surface area contributed by atoms with Crippen LogP contribution in [0, 0.1) is 6.92 Å². The highest BCUT2D eigenvalue weighted by atomic mass is 32.1. The van der Waals surface area contributed by atoms with Gasteiger partial charge >= 0.3 is 23.8 Å². The third-order valence-electron chi connectivity index (χ3n) is 6.23. The van der Waals surface area contributed by atoms with Crippen molar-refractivity contribution in [3.8, 4) is 11.5 Å². The molecule has 2 aromatic carbocycles. The lowest BCUT2D eigenvalue weighted by Crippen LogP contribution is -2.33. The van der Waals surface area contributed by atoms with Crippen molar-refractivity contribution >= 4 is 45.8 Å². The van der Waals surface area contributed by atoms with Gasteiger partial charge in [0.1, 0.15) is 5.00 Å². The minimum atomic E-state index is -1.00. The third kappa shape index (κ3) is 6.37. The molecule has 1 aliphatic rings. The highest BCUT2D eigenvalue weighted by Gasteiger charge is 2.29. The van der Waals surface area contributed by atoms with E-state index < -0.39 is 23.8 Å². The molecule has 2 amide bonds. The lowest BCUT2D eigenvalue weighted by Gasteiger charge is -2.11. The number of nitrogens with zero attached hydrogens (tertiary/aromatic N) is 1. The Labute approximate surface area is 235 Å². The van der Waals surface area contributed by atoms with Crippen LogP contribution in [-0.4, -0.2) is 43.2 Å². The predicted octanol–water partition coefficient (Wildman–Crippen LogP) is 4.43. The first-order valence-corrected chi connectivity index (χ1v) is 13.5. The number of aryl methyl sites for hydroxylation is 2. The number of amides is 2. The molecule has 2 N–H and O–H groups in total. The van der Waals surface area contributed by atoms with Crippen molar-refractivity contribution in [3.05, 3.63) is 75.2 Å². The zero-order valence-corrected chi connectivity index (χ0v) is 23.4. The molecule has 3 aromatic rings. The van der Waals surface area contributed by atoms with Gasteiger partial charge < -0.3 is 19.5 Å². The molecule has 0 saturated carbocycles. The van der Waals surface area contributed by atoms with Crippen LogP contribution in [0.25, 0.3) is 0 Å². The molecular formula is C29H29N3O7S. The van der Waals surface area contributed by atoms with E-state index in [0.717, 1.165) is 35.3 Å². The number of carbonyl (C=O) groups is 4. The van der Waals surface area contributed by atoms with Gasteiger partial charge in [0.25, 0.3) is 0 Å². The predicted molar refractivity (Wildman–Crippen MR) is 150 cm³/mol. The third-order valence-corrected chi connectivity index (χ3v) is 7.44. The van der Waals surface area contributed by atoms with E-state index in [1.54, 1.807) is 44.2 Å². The van der Waals surface area contributed by atoms with E-state index in [2.05, 4.69) is 15.8 Å². The van der Waals surface area contributed by atoms with Crippen LogP contribution >= 0.6 is 11.3 Å². The molecule has 0 aliphatic heterocycles. The van der Waals surface area contributed by atoms with E-state index in [0.29, 0.717) is 27.4 Å². The average molecular weight is 564 g/mol. The van der Waals surface area contributed by atoms with Crippen LogP contribution in [0.2, 0.25) is 0 Å². The van der Waals surface area contributed by atoms with Gasteiger partial charge in [0.2, 0.25) is 0 Å². The van der Waals surface area contributed by atoms with Crippen LogP contribution in [0.15, 0.2) is 47.6 Å². The van der Waals surface area contributed by atoms with E-state index in [1.807, 2.05) is 19.1 Å². The second kappa shape index (κ2) is 12.6. The number of thiophene rings is 1. The van der Waals surface area contributed by atoms with Crippen LogP contribution < -0.4 is 20.2 Å². The van der Waals surface area contributed by atoms with Gasteiger partial charge in [-0.15, -0.1) is 11.3 Å². The Kier molecular flexibility index (Phi) is 8.95. The van der Waals surface area contributed by atoms with Crippen LogP contribution in [-0.2, 0) is 27.2 Å². The molecule has 208 valence electrons. The molecular weight excluding hydrogens is 534 g/mol. The lowest BCUT2D eigenvalue weighted by molar-refractivity contribution is -0.136. The summed E-state index contributed by atoms with van der Waals surface area (Å²) in [6.45, 7) is 5.46. The van der Waals surface area contributed by atoms with Gasteiger partial charge in [-0.05, 0) is 75.9 Å². The van der Waals surface area contributed by atoms with E-state index >= 15 is 0 Å². The van der Waals surface area contributed by atoms with Crippen molar-refractivity contribution in [1.82, 2.24) is 5.43 Å². The van der Waals surface area contributed by atoms with E-state index in [4.69, 9.17) is 14.2 Å². The highest BCUT2D eigenvalue weighted by molar-refractivity contribution is 7.17. The number of hydrogen-bond donors (Lipinski definition) is 2. The normalized spacial score (nSPS) is 12.3. The molecule has 11 heteroatoms. The van der Waals surface area contributed by atoms with E-state index in [9.17, 15) is 19.2 Å². The number of hydrazone groups is 1. The van der Waals surface area contributed by atoms with Crippen LogP contribution in [0.4, 0.5) is 5.00 Å². The summed E-state index contributed by atoms with van der Waals surface area (Å²) in [6, 6.07) is 11.8. The molecule has 0 spiro atoms. The van der Waals surface area contributed by atoms with Gasteiger partial charge in [-0.2, -0.15) is 5.10 Å². The number of nitrogens with one attached hydrogen (secondary N) is 2. The summed E-state index contributed by atoms with van der Waals surface area (Å²) in [5, 5.41) is 6.85. The topological polar surface area (TPSA) is 132 Å². The summed E-state index contributed by atoms with van der Waals surface area (Å²) in [7, 11) is 1.44. The maximum atomic E-state index is 12.6. The second-order valence-corrected chi connectivity index (χ2v) is 10.1. The summed E-state index contributed by atoms with van der Waals surface area (Å²) < 4.78 is 16.0. The zero-order chi connectivity index (χ0) is 28.8. The van der Waals surface area contributed by atoms with Crippen LogP contribution in [0.5, 0.6) is 11.5 Å². The minimum absolute atomic E-state index is 0.201. The molecule has 40 heavy (non-hydrogen) atoms. The Morgan fingerprint density at radius 1 is 0.950 bits per heavy atom. The maximum absolute atomic E-state index is 12.6. The molecule has 1 aliphatic carbocycles. The first kappa shape index (κ1) is 28.5. The van der Waals surface area contributed by atoms with Gasteiger partial charge in [0, 0.05) is 10.4 Å². The van der Waals surface area contributed by atoms with Gasteiger partial charge in [-0.25, -0.2) is 15.0 Å². The fourth-order valence-electron chi connectivity index (χ4n) is 4.15. The van der Waals surface area contributed by atoms with Crippen molar-refractivity contribution < 1.29 is 33.4 Å². The minimum Gasteiger partial charge on any atom is -0.493 e. The quantitative estimate of drug-likeness (QED) is 0.136. The van der Waals surface area contributed by atoms with Crippen LogP contribution in [0.3, 0.4) is 0 Å². The summed E-state index contributed by atoms with van der Waals surface area (Å²) >= 11 is 1.28. The SMILES string of the molecule is CCOC(=O)c1c(NC(=O)C(=O)N/N=C(\C)c2ccc(OC(=O)c3ccc(C)cc3)c(OC)c2)sc2c1CCC2. The summed E-state index contributed by atoms with van der Waals surface area (Å²) in [5.74, 6) is -2.51. The molecule has 0 bridgehead atoms. The first-order chi connectivity index (χ1) is 19.2. The number of carbonyl (C=O) groups excluding carboxylic acids is 4. The fraction of sp³-hybridized carbons (Fsp3) is 0.276. The van der Waals surface area contributed by atoms with Crippen molar-refractivity contribution in [2.45, 2.75) is 40.0 Å². The number of methoxy groups -OCH3 is 1. The van der Waals surface area contributed by atoms with Gasteiger partial charge in [0.15, 0.2) is 11.5 Å². The van der Waals surface area contributed by atoms with Gasteiger partial charge in [-0.3, -0.25) is 9.59 Å². The molecule has 4 rings (SSSR count). The van der Waals surface area contributed by atoms with E-state index in [1.165, 1.54) is 18.4 Å². The van der Waals surface area contributed by atoms with Crippen molar-refractivity contribution in [3.63, 3.8) is 0 Å². The van der Waals surface area contributed by atoms with Crippen molar-refractivity contribution in [2.75, 3.05) is 19.0 Å². The standard InChI is InChI=1S/C29H29N3O7S/c1-5-38-29(36)24-20-7-6-8-23(20)40-27(24)30-25(33)26(34)32-31-17(3)19-13-14-21(22(15-19)37-4)39-28(35)18-11-9-16(2)10-12-18/h9-15H,5-8H2,1-4H3,(H,30,33)(H,32,34)/b31-17+. The molecule has 0 saturated heterocycles. The number of rotatable bonds is 8. The Morgan fingerprint density at radius 2 is 1.68 bits per heavy atom. The van der Waals surface area contributed by atoms with Crippen molar-refractivity contribution in [1.29, 1.82) is 0 Å². The number of anilines is 1. The maximum Gasteiger partial charge on any atom is 0.343 e. The van der Waals surface area contributed by atoms with Gasteiger partial charge in [-0.1, -0.05) is 17.7 Å². The Bertz CT molecular complexity index is 1490. The largest absolute Gasteiger partial charge is 0.493 e. The molecule has 0 radical (unpaired) electrons. The monoisotopic (exact) mass is 563 g/mol. The van der Waals surface area contributed by atoms with E-state index in [-0.39, 0.29) is 18.1 Å².